The summed E-state index contributed by atoms with van der Waals surface area (Å²) in [5.41, 5.74) is 0.452. The van der Waals surface area contributed by atoms with Crippen LogP contribution in [0.3, 0.4) is 0 Å². The summed E-state index contributed by atoms with van der Waals surface area (Å²) in [6.07, 6.45) is 2.53. The van der Waals surface area contributed by atoms with Gasteiger partial charge in [0, 0.05) is 24.2 Å². The van der Waals surface area contributed by atoms with Crippen molar-refractivity contribution in [3.8, 4) is 0 Å². The van der Waals surface area contributed by atoms with Gasteiger partial charge < -0.3 is 10.4 Å². The molecular formula is C19H22ClN3O5S. The second-order valence-corrected chi connectivity index (χ2v) is 9.21. The molecule has 0 aromatic heterocycles. The van der Waals surface area contributed by atoms with Crippen LogP contribution in [0.4, 0.5) is 11.4 Å². The highest BCUT2D eigenvalue weighted by Crippen LogP contribution is 2.32. The molecule has 0 saturated carbocycles. The molecule has 0 spiro atoms. The van der Waals surface area contributed by atoms with E-state index in [9.17, 15) is 23.6 Å². The number of nitro benzene ring substituents is 1. The maximum absolute atomic E-state index is 12.8. The molecule has 29 heavy (non-hydrogen) atoms. The van der Waals surface area contributed by atoms with Crippen LogP contribution in [0.15, 0.2) is 47.4 Å². The van der Waals surface area contributed by atoms with Crippen molar-refractivity contribution in [2.75, 3.05) is 25.0 Å². The molecule has 156 valence electrons. The van der Waals surface area contributed by atoms with Gasteiger partial charge in [0.15, 0.2) is 0 Å². The lowest BCUT2D eigenvalue weighted by Crippen LogP contribution is -2.35. The van der Waals surface area contributed by atoms with Gasteiger partial charge in [0.05, 0.1) is 22.5 Å². The average molecular weight is 440 g/mol. The molecule has 0 aliphatic carbocycles. The highest BCUT2D eigenvalue weighted by atomic mass is 35.5. The van der Waals surface area contributed by atoms with Gasteiger partial charge in [-0.25, -0.2) is 8.42 Å². The fourth-order valence-electron chi connectivity index (χ4n) is 3.32. The lowest BCUT2D eigenvalue weighted by Gasteiger charge is -2.26. The van der Waals surface area contributed by atoms with Crippen LogP contribution < -0.4 is 5.32 Å². The normalized spacial score (nSPS) is 16.3. The Morgan fingerprint density at radius 2 is 1.79 bits per heavy atom. The minimum absolute atomic E-state index is 0.108. The van der Waals surface area contributed by atoms with Crippen molar-refractivity contribution in [3.63, 3.8) is 0 Å². The highest BCUT2D eigenvalue weighted by molar-refractivity contribution is 7.89. The van der Waals surface area contributed by atoms with E-state index in [1.165, 1.54) is 16.4 Å². The third-order valence-corrected chi connectivity index (χ3v) is 7.05. The van der Waals surface area contributed by atoms with Gasteiger partial charge in [-0.15, -0.1) is 0 Å². The SMILES string of the molecule is O=[N+]([O-])c1cc(S(=O)(=O)N2CCCCC2)ccc1NC(CO)c1ccc(Cl)cc1. The Morgan fingerprint density at radius 3 is 2.38 bits per heavy atom. The number of aliphatic hydroxyl groups excluding tert-OH is 1. The summed E-state index contributed by atoms with van der Waals surface area (Å²) < 4.78 is 27.0. The molecule has 1 fully saturated rings. The van der Waals surface area contributed by atoms with Gasteiger partial charge in [0.1, 0.15) is 5.69 Å². The van der Waals surface area contributed by atoms with Gasteiger partial charge >= 0.3 is 0 Å². The lowest BCUT2D eigenvalue weighted by atomic mass is 10.1. The van der Waals surface area contributed by atoms with Crippen molar-refractivity contribution in [1.29, 1.82) is 0 Å². The largest absolute Gasteiger partial charge is 0.394 e. The van der Waals surface area contributed by atoms with Gasteiger partial charge in [0.2, 0.25) is 10.0 Å². The summed E-state index contributed by atoms with van der Waals surface area (Å²) in [6.45, 7) is 0.519. The van der Waals surface area contributed by atoms with Crippen molar-refractivity contribution >= 4 is 33.0 Å². The third-order valence-electron chi connectivity index (χ3n) is 4.90. The zero-order chi connectivity index (χ0) is 21.0. The smallest absolute Gasteiger partial charge is 0.293 e. The number of benzene rings is 2. The first kappa shape index (κ1) is 21.5. The number of rotatable bonds is 7. The van der Waals surface area contributed by atoms with E-state index < -0.39 is 21.0 Å². The number of hydrogen-bond acceptors (Lipinski definition) is 6. The Morgan fingerprint density at radius 1 is 1.14 bits per heavy atom. The molecule has 1 saturated heterocycles. The first-order valence-corrected chi connectivity index (χ1v) is 11.1. The van der Waals surface area contributed by atoms with E-state index in [2.05, 4.69) is 5.32 Å². The second-order valence-electron chi connectivity index (χ2n) is 6.83. The van der Waals surface area contributed by atoms with Crippen LogP contribution >= 0.6 is 11.6 Å². The topological polar surface area (TPSA) is 113 Å². The fraction of sp³-hybridized carbons (Fsp3) is 0.368. The number of sulfonamides is 1. The van der Waals surface area contributed by atoms with Crippen LogP contribution in [0.1, 0.15) is 30.9 Å². The van der Waals surface area contributed by atoms with Gasteiger partial charge in [-0.05, 0) is 42.7 Å². The molecule has 8 nitrogen and oxygen atoms in total. The molecule has 2 aromatic carbocycles. The van der Waals surface area contributed by atoms with Gasteiger partial charge in [-0.2, -0.15) is 4.31 Å². The average Bonchev–Trinajstić information content (AvgIpc) is 2.73. The molecule has 0 bridgehead atoms. The van der Waals surface area contributed by atoms with Gasteiger partial charge in [-0.1, -0.05) is 30.2 Å². The van der Waals surface area contributed by atoms with Crippen molar-refractivity contribution in [1.82, 2.24) is 4.31 Å². The molecule has 3 rings (SSSR count). The standard InChI is InChI=1S/C19H22ClN3O5S/c20-15-6-4-14(5-7-15)18(13-24)21-17-9-8-16(12-19(17)23(25)26)29(27,28)22-10-2-1-3-11-22/h4-9,12,18,21,24H,1-3,10-11,13H2. The van der Waals surface area contributed by atoms with Gasteiger partial charge in [-0.3, -0.25) is 10.1 Å². The van der Waals surface area contributed by atoms with E-state index in [4.69, 9.17) is 11.6 Å². The molecule has 2 N–H and O–H groups in total. The molecule has 0 amide bonds. The Balaban J connectivity index is 1.91. The van der Waals surface area contributed by atoms with Crippen molar-refractivity contribution in [3.05, 3.63) is 63.2 Å². The number of anilines is 1. The minimum atomic E-state index is -3.79. The Hall–Kier alpha value is -2.20. The van der Waals surface area contributed by atoms with Crippen LogP contribution in [0.25, 0.3) is 0 Å². The molecule has 1 aliphatic rings. The molecule has 1 atom stereocenters. The predicted octanol–water partition coefficient (Wildman–Crippen LogP) is 3.57. The Bertz CT molecular complexity index is 976. The summed E-state index contributed by atoms with van der Waals surface area (Å²) in [5, 5.41) is 24.8. The maximum Gasteiger partial charge on any atom is 0.293 e. The van der Waals surface area contributed by atoms with Crippen LogP contribution in [-0.4, -0.2) is 42.4 Å². The van der Waals surface area contributed by atoms with Crippen LogP contribution in [0.2, 0.25) is 5.02 Å². The van der Waals surface area contributed by atoms with E-state index in [1.807, 2.05) is 0 Å². The van der Waals surface area contributed by atoms with Crippen LogP contribution in [0.5, 0.6) is 0 Å². The van der Waals surface area contributed by atoms with Crippen molar-refractivity contribution < 1.29 is 18.4 Å². The summed E-state index contributed by atoms with van der Waals surface area (Å²) in [7, 11) is -3.79. The number of piperidine rings is 1. The first-order chi connectivity index (χ1) is 13.8. The zero-order valence-corrected chi connectivity index (χ0v) is 17.2. The summed E-state index contributed by atoms with van der Waals surface area (Å²) in [5.74, 6) is 0. The van der Waals surface area contributed by atoms with E-state index in [1.54, 1.807) is 24.3 Å². The van der Waals surface area contributed by atoms with Gasteiger partial charge in [0.25, 0.3) is 5.69 Å². The number of halogens is 1. The quantitative estimate of drug-likeness (QED) is 0.503. The number of nitro groups is 1. The molecule has 2 aromatic rings. The van der Waals surface area contributed by atoms with E-state index >= 15 is 0 Å². The third kappa shape index (κ3) is 4.87. The molecule has 1 aliphatic heterocycles. The Kier molecular flexibility index (Phi) is 6.74. The lowest BCUT2D eigenvalue weighted by molar-refractivity contribution is -0.384. The van der Waals surface area contributed by atoms with Crippen LogP contribution in [0, 0.1) is 10.1 Å². The number of nitrogens with zero attached hydrogens (tertiary/aromatic N) is 2. The Labute approximate surface area is 174 Å². The molecule has 0 radical (unpaired) electrons. The van der Waals surface area contributed by atoms with Crippen molar-refractivity contribution in [2.24, 2.45) is 0 Å². The fourth-order valence-corrected chi connectivity index (χ4v) is 4.98. The van der Waals surface area contributed by atoms with E-state index in [0.29, 0.717) is 23.7 Å². The first-order valence-electron chi connectivity index (χ1n) is 9.24. The number of hydrogen-bond donors (Lipinski definition) is 2. The number of nitrogens with one attached hydrogen (secondary N) is 1. The maximum atomic E-state index is 12.8. The monoisotopic (exact) mass is 439 g/mol. The van der Waals surface area contributed by atoms with Crippen LogP contribution in [-0.2, 0) is 10.0 Å². The van der Waals surface area contributed by atoms with E-state index in [0.717, 1.165) is 25.3 Å². The highest BCUT2D eigenvalue weighted by Gasteiger charge is 2.29. The summed E-state index contributed by atoms with van der Waals surface area (Å²) in [6, 6.07) is 9.91. The van der Waals surface area contributed by atoms with E-state index in [-0.39, 0.29) is 22.9 Å². The van der Waals surface area contributed by atoms with Crippen molar-refractivity contribution in [2.45, 2.75) is 30.2 Å². The predicted molar refractivity (Wildman–Crippen MR) is 111 cm³/mol. The minimum Gasteiger partial charge on any atom is -0.394 e. The molecule has 1 heterocycles. The molecular weight excluding hydrogens is 418 g/mol. The number of aliphatic hydroxyl groups is 1. The molecule has 10 heteroatoms. The second kappa shape index (κ2) is 9.08. The summed E-state index contributed by atoms with van der Waals surface area (Å²) >= 11 is 5.88. The summed E-state index contributed by atoms with van der Waals surface area (Å²) in [4.78, 5) is 10.9. The zero-order valence-electron chi connectivity index (χ0n) is 15.6. The molecule has 1 unspecified atom stereocenters.